The van der Waals surface area contributed by atoms with E-state index in [-0.39, 0.29) is 29.1 Å². The number of halogens is 3. The Hall–Kier alpha value is -3.69. The van der Waals surface area contributed by atoms with E-state index in [1.165, 1.54) is 24.3 Å². The van der Waals surface area contributed by atoms with Crippen LogP contribution in [0.5, 0.6) is 0 Å². The van der Waals surface area contributed by atoms with Crippen molar-refractivity contribution in [1.82, 2.24) is 19.4 Å². The maximum Gasteiger partial charge on any atom is 0.266 e. The Morgan fingerprint density at radius 1 is 1.20 bits per heavy atom. The van der Waals surface area contributed by atoms with Gasteiger partial charge in [0.05, 0.1) is 28.6 Å². The molecule has 1 N–H and O–H groups in total. The summed E-state index contributed by atoms with van der Waals surface area (Å²) in [7, 11) is 0. The molecule has 5 rings (SSSR count). The van der Waals surface area contributed by atoms with E-state index >= 15 is 0 Å². The largest absolute Gasteiger partial charge is 0.359 e. The van der Waals surface area contributed by atoms with E-state index in [9.17, 15) is 22.8 Å². The van der Waals surface area contributed by atoms with Gasteiger partial charge in [-0.15, -0.1) is 6.58 Å². The lowest BCUT2D eigenvalue weighted by Crippen LogP contribution is -2.30. The minimum Gasteiger partial charge on any atom is -0.359 e. The van der Waals surface area contributed by atoms with Crippen LogP contribution in [-0.2, 0) is 4.79 Å². The lowest BCUT2D eigenvalue weighted by atomic mass is 10.0. The Labute approximate surface area is 199 Å². The number of aromatic nitrogens is 3. The summed E-state index contributed by atoms with van der Waals surface area (Å²) in [6, 6.07) is 4.34. The van der Waals surface area contributed by atoms with Crippen molar-refractivity contribution in [2.24, 2.45) is 0 Å². The van der Waals surface area contributed by atoms with E-state index in [2.05, 4.69) is 21.9 Å². The van der Waals surface area contributed by atoms with Crippen molar-refractivity contribution < 1.29 is 18.0 Å². The maximum atomic E-state index is 14.8. The molecule has 3 aromatic rings. The van der Waals surface area contributed by atoms with E-state index in [0.717, 1.165) is 12.5 Å². The number of benzene rings is 1. The van der Waals surface area contributed by atoms with Gasteiger partial charge < -0.3 is 14.8 Å². The highest BCUT2D eigenvalue weighted by molar-refractivity contribution is 5.88. The first kappa shape index (κ1) is 23.1. The molecule has 35 heavy (non-hydrogen) atoms. The molecular weight excluding hydrogens is 459 g/mol. The summed E-state index contributed by atoms with van der Waals surface area (Å²) in [5.74, 6) is -0.200. The molecule has 0 bridgehead atoms. The van der Waals surface area contributed by atoms with Crippen LogP contribution in [0.15, 0.2) is 47.9 Å². The smallest absolute Gasteiger partial charge is 0.266 e. The van der Waals surface area contributed by atoms with E-state index in [0.29, 0.717) is 41.9 Å². The third-order valence-corrected chi connectivity index (χ3v) is 6.82. The number of alkyl halides is 2. The first-order valence-electron chi connectivity index (χ1n) is 11.4. The molecule has 2 aliphatic rings. The van der Waals surface area contributed by atoms with Crippen molar-refractivity contribution in [3.63, 3.8) is 0 Å². The Morgan fingerprint density at radius 3 is 2.69 bits per heavy atom. The highest BCUT2D eigenvalue weighted by Gasteiger charge is 2.40. The fraction of sp³-hybridized carbons (Fsp3) is 0.360. The first-order valence-corrected chi connectivity index (χ1v) is 11.4. The summed E-state index contributed by atoms with van der Waals surface area (Å²) < 4.78 is 42.9. The van der Waals surface area contributed by atoms with E-state index in [1.54, 1.807) is 17.7 Å². The number of carbonyl (C=O) groups is 1. The van der Waals surface area contributed by atoms with Gasteiger partial charge in [-0.3, -0.25) is 9.59 Å². The highest BCUT2D eigenvalue weighted by atomic mass is 19.3. The van der Waals surface area contributed by atoms with Crippen LogP contribution in [0.3, 0.4) is 0 Å². The number of hydrogen-bond acceptors (Lipinski definition) is 5. The Kier molecular flexibility index (Phi) is 5.82. The number of carbonyl (C=O) groups excluding carboxylic acids is 1. The number of rotatable bonds is 6. The second-order valence-corrected chi connectivity index (χ2v) is 8.97. The quantitative estimate of drug-likeness (QED) is 0.524. The van der Waals surface area contributed by atoms with Crippen LogP contribution in [0, 0.1) is 12.7 Å². The number of anilines is 1. The molecule has 2 aromatic heterocycles. The van der Waals surface area contributed by atoms with Crippen LogP contribution in [0.25, 0.3) is 10.9 Å². The molecule has 1 aromatic carbocycles. The van der Waals surface area contributed by atoms with Gasteiger partial charge in [0.15, 0.2) is 0 Å². The average Bonchev–Trinajstić information content (AvgIpc) is 3.38. The lowest BCUT2D eigenvalue weighted by molar-refractivity contribution is -0.128. The van der Waals surface area contributed by atoms with Gasteiger partial charge >= 0.3 is 0 Å². The number of fused-ring (bicyclic) bond motifs is 2. The summed E-state index contributed by atoms with van der Waals surface area (Å²) in [6.45, 7) is 5.86. The Balaban J connectivity index is 1.54. The summed E-state index contributed by atoms with van der Waals surface area (Å²) in [5.41, 5.74) is -0.521. The molecule has 2 aliphatic heterocycles. The molecule has 0 unspecified atom stereocenters. The number of hydrogen-bond donors (Lipinski definition) is 1. The molecule has 10 heteroatoms. The Bertz CT molecular complexity index is 1390. The molecule has 0 aliphatic carbocycles. The van der Waals surface area contributed by atoms with Crippen molar-refractivity contribution in [3.8, 4) is 0 Å². The topological polar surface area (TPSA) is 80.1 Å². The van der Waals surface area contributed by atoms with Crippen LogP contribution in [0.1, 0.15) is 54.7 Å². The number of aryl methyl sites for hydroxylation is 1. The fourth-order valence-corrected chi connectivity index (χ4v) is 5.12. The van der Waals surface area contributed by atoms with E-state index in [4.69, 9.17) is 0 Å². The zero-order valence-corrected chi connectivity index (χ0v) is 19.0. The molecular formula is C25H24F3N5O2. The molecule has 0 spiro atoms. The molecule has 0 saturated carbocycles. The van der Waals surface area contributed by atoms with Crippen molar-refractivity contribution in [2.75, 3.05) is 11.9 Å². The third-order valence-electron chi connectivity index (χ3n) is 6.82. The van der Waals surface area contributed by atoms with Gasteiger partial charge in [0.2, 0.25) is 5.91 Å². The molecule has 2 fully saturated rings. The van der Waals surface area contributed by atoms with Crippen LogP contribution < -0.4 is 10.9 Å². The second-order valence-electron chi connectivity index (χ2n) is 8.97. The zero-order valence-electron chi connectivity index (χ0n) is 19.0. The van der Waals surface area contributed by atoms with E-state index in [1.807, 2.05) is 4.90 Å². The number of nitrogens with one attached hydrogen (secondary N) is 1. The first-order chi connectivity index (χ1) is 16.8. The third kappa shape index (κ3) is 4.06. The number of pyridine rings is 1. The molecule has 4 heterocycles. The summed E-state index contributed by atoms with van der Waals surface area (Å²) in [4.78, 5) is 35.7. The van der Waals surface area contributed by atoms with Crippen LogP contribution in [0.4, 0.5) is 19.0 Å². The predicted molar refractivity (Wildman–Crippen MR) is 125 cm³/mol. The molecule has 2 saturated heterocycles. The molecule has 3 atom stereocenters. The second kappa shape index (κ2) is 8.83. The minimum absolute atomic E-state index is 0.00506. The van der Waals surface area contributed by atoms with Crippen LogP contribution >= 0.6 is 0 Å². The van der Waals surface area contributed by atoms with Crippen molar-refractivity contribution in [2.45, 2.75) is 50.7 Å². The summed E-state index contributed by atoms with van der Waals surface area (Å²) >= 11 is 0. The molecule has 1 amide bonds. The van der Waals surface area contributed by atoms with Crippen LogP contribution in [-0.4, -0.2) is 37.9 Å². The van der Waals surface area contributed by atoms with Gasteiger partial charge in [0, 0.05) is 36.8 Å². The van der Waals surface area contributed by atoms with Gasteiger partial charge in [-0.2, -0.15) is 0 Å². The van der Waals surface area contributed by atoms with Crippen molar-refractivity contribution in [3.05, 3.63) is 76.2 Å². The molecule has 7 nitrogen and oxygen atoms in total. The standard InChI is InChI=1S/C25H24F3N5O2/c1-3-19(16-5-4-6-17(23(16)26)24(27)28)31-25-18-12-33(22(35)10-20(18)29-13(2)30-25)15-9-14-7-8-21(34)32(14)11-15/h3-6,10,12,14-15,19,24H,1,7-9,11H2,2H3,(H,29,30,31)/t14-,15-,19-/m1/s1. The molecule has 182 valence electrons. The minimum atomic E-state index is -2.95. The van der Waals surface area contributed by atoms with Crippen molar-refractivity contribution >= 4 is 22.6 Å². The molecule has 0 radical (unpaired) electrons. The van der Waals surface area contributed by atoms with Gasteiger partial charge in [0.25, 0.3) is 12.0 Å². The summed E-state index contributed by atoms with van der Waals surface area (Å²) in [5, 5.41) is 3.61. The zero-order chi connectivity index (χ0) is 24.9. The SMILES string of the molecule is C=C[C@@H](Nc1nc(C)nc2cc(=O)n([C@@H]3C[C@H]4CCC(=O)N4C3)cc12)c1cccc(C(F)F)c1F. The monoisotopic (exact) mass is 483 g/mol. The normalized spacial score (nSPS) is 20.5. The van der Waals surface area contributed by atoms with Gasteiger partial charge in [-0.1, -0.05) is 24.3 Å². The Morgan fingerprint density at radius 2 is 1.97 bits per heavy atom. The average molecular weight is 483 g/mol. The fourth-order valence-electron chi connectivity index (χ4n) is 5.12. The van der Waals surface area contributed by atoms with Crippen molar-refractivity contribution in [1.29, 1.82) is 0 Å². The maximum absolute atomic E-state index is 14.8. The van der Waals surface area contributed by atoms with Gasteiger partial charge in [-0.25, -0.2) is 23.1 Å². The highest BCUT2D eigenvalue weighted by Crippen LogP contribution is 2.35. The summed E-state index contributed by atoms with van der Waals surface area (Å²) in [6.07, 6.45) is 2.13. The van der Waals surface area contributed by atoms with Gasteiger partial charge in [-0.05, 0) is 19.8 Å². The number of amides is 1. The number of nitrogens with zero attached hydrogens (tertiary/aromatic N) is 4. The van der Waals surface area contributed by atoms with Crippen LogP contribution in [0.2, 0.25) is 0 Å². The predicted octanol–water partition coefficient (Wildman–Crippen LogP) is 4.45. The lowest BCUT2D eigenvalue weighted by Gasteiger charge is -2.20. The van der Waals surface area contributed by atoms with Gasteiger partial charge in [0.1, 0.15) is 17.5 Å². The van der Waals surface area contributed by atoms with E-state index < -0.39 is 23.8 Å².